The SMILES string of the molecule is NC(CO)C(=O)NC(Cc1c[nH]c2ccccc12)C(=O)N1CCCC1C(=O)NC(CC(=O)O)C(=O)O. The third-order valence-electron chi connectivity index (χ3n) is 6.08. The fraction of sp³-hybridized carbons (Fsp3) is 0.435. The number of hydrogen-bond donors (Lipinski definition) is 7. The van der Waals surface area contributed by atoms with Gasteiger partial charge in [0.25, 0.3) is 0 Å². The molecule has 2 aromatic rings. The Morgan fingerprint density at radius 1 is 1.11 bits per heavy atom. The molecule has 1 saturated heterocycles. The Hall–Kier alpha value is -3.97. The molecule has 194 valence electrons. The van der Waals surface area contributed by atoms with E-state index in [0.29, 0.717) is 6.42 Å². The number of carbonyl (C=O) groups is 5. The number of likely N-dealkylation sites (tertiary alicyclic amines) is 1. The Morgan fingerprint density at radius 2 is 1.83 bits per heavy atom. The number of aliphatic hydroxyl groups is 1. The second-order valence-corrected chi connectivity index (χ2v) is 8.60. The highest BCUT2D eigenvalue weighted by molar-refractivity contribution is 5.95. The molecular formula is C23H29N5O8. The monoisotopic (exact) mass is 503 g/mol. The van der Waals surface area contributed by atoms with Crippen molar-refractivity contribution in [2.45, 2.75) is 49.9 Å². The molecule has 0 bridgehead atoms. The van der Waals surface area contributed by atoms with Gasteiger partial charge in [-0.3, -0.25) is 19.2 Å². The summed E-state index contributed by atoms with van der Waals surface area (Å²) in [5, 5.41) is 33.0. The molecule has 3 amide bonds. The Kier molecular flexibility index (Phi) is 8.61. The van der Waals surface area contributed by atoms with Crippen LogP contribution in [-0.2, 0) is 30.4 Å². The first-order valence-corrected chi connectivity index (χ1v) is 11.4. The highest BCUT2D eigenvalue weighted by Gasteiger charge is 2.39. The number of hydrogen-bond acceptors (Lipinski definition) is 7. The molecule has 0 spiro atoms. The third kappa shape index (κ3) is 6.17. The van der Waals surface area contributed by atoms with Crippen LogP contribution in [0.25, 0.3) is 10.9 Å². The minimum absolute atomic E-state index is 0.0638. The lowest BCUT2D eigenvalue weighted by Gasteiger charge is -2.29. The number of carboxylic acid groups (broad SMARTS) is 2. The van der Waals surface area contributed by atoms with E-state index < -0.39 is 66.9 Å². The van der Waals surface area contributed by atoms with Crippen molar-refractivity contribution < 1.29 is 39.3 Å². The van der Waals surface area contributed by atoms with Crippen LogP contribution < -0.4 is 16.4 Å². The summed E-state index contributed by atoms with van der Waals surface area (Å²) < 4.78 is 0. The minimum atomic E-state index is -1.66. The largest absolute Gasteiger partial charge is 0.481 e. The van der Waals surface area contributed by atoms with Gasteiger partial charge >= 0.3 is 11.9 Å². The number of carbonyl (C=O) groups excluding carboxylic acids is 3. The number of aliphatic carboxylic acids is 2. The minimum Gasteiger partial charge on any atom is -0.481 e. The highest BCUT2D eigenvalue weighted by Crippen LogP contribution is 2.23. The summed E-state index contributed by atoms with van der Waals surface area (Å²) in [4.78, 5) is 65.5. The van der Waals surface area contributed by atoms with Crippen LogP contribution >= 0.6 is 0 Å². The molecule has 13 heteroatoms. The number of amides is 3. The van der Waals surface area contributed by atoms with Crippen molar-refractivity contribution in [2.24, 2.45) is 5.73 Å². The number of nitrogens with zero attached hydrogens (tertiary/aromatic N) is 1. The van der Waals surface area contributed by atoms with E-state index in [4.69, 9.17) is 10.8 Å². The highest BCUT2D eigenvalue weighted by atomic mass is 16.4. The number of rotatable bonds is 11. The van der Waals surface area contributed by atoms with Crippen LogP contribution in [0.2, 0.25) is 0 Å². The number of benzene rings is 1. The fourth-order valence-corrected chi connectivity index (χ4v) is 4.23. The van der Waals surface area contributed by atoms with Gasteiger partial charge in [0.15, 0.2) is 0 Å². The summed E-state index contributed by atoms with van der Waals surface area (Å²) in [7, 11) is 0. The van der Waals surface area contributed by atoms with E-state index in [1.165, 1.54) is 4.90 Å². The molecule has 4 unspecified atom stereocenters. The summed E-state index contributed by atoms with van der Waals surface area (Å²) in [6.07, 6.45) is 1.64. The zero-order valence-corrected chi connectivity index (χ0v) is 19.3. The summed E-state index contributed by atoms with van der Waals surface area (Å²) >= 11 is 0. The van der Waals surface area contributed by atoms with Gasteiger partial charge in [0.2, 0.25) is 17.7 Å². The molecule has 8 N–H and O–H groups in total. The van der Waals surface area contributed by atoms with Crippen molar-refractivity contribution in [3.8, 4) is 0 Å². The number of para-hydroxylation sites is 1. The maximum atomic E-state index is 13.6. The number of aromatic nitrogens is 1. The average Bonchev–Trinajstić information content (AvgIpc) is 3.49. The van der Waals surface area contributed by atoms with E-state index in [2.05, 4.69) is 15.6 Å². The van der Waals surface area contributed by atoms with Gasteiger partial charge in [-0.05, 0) is 24.5 Å². The van der Waals surface area contributed by atoms with E-state index >= 15 is 0 Å². The molecule has 1 fully saturated rings. The summed E-state index contributed by atoms with van der Waals surface area (Å²) in [6.45, 7) is -0.450. The molecule has 0 radical (unpaired) electrons. The number of nitrogens with one attached hydrogen (secondary N) is 3. The van der Waals surface area contributed by atoms with Gasteiger partial charge in [0.05, 0.1) is 13.0 Å². The molecule has 13 nitrogen and oxygen atoms in total. The first kappa shape index (κ1) is 26.6. The number of carboxylic acids is 2. The predicted molar refractivity (Wildman–Crippen MR) is 126 cm³/mol. The molecule has 4 atom stereocenters. The summed E-state index contributed by atoms with van der Waals surface area (Å²) in [5.41, 5.74) is 7.18. The predicted octanol–water partition coefficient (Wildman–Crippen LogP) is -1.45. The molecule has 3 rings (SSSR count). The van der Waals surface area contributed by atoms with Crippen molar-refractivity contribution >= 4 is 40.6 Å². The zero-order chi connectivity index (χ0) is 26.4. The maximum absolute atomic E-state index is 13.6. The Morgan fingerprint density at radius 3 is 2.50 bits per heavy atom. The van der Waals surface area contributed by atoms with Crippen LogP contribution in [0.15, 0.2) is 30.5 Å². The van der Waals surface area contributed by atoms with Gasteiger partial charge in [0.1, 0.15) is 24.2 Å². The lowest BCUT2D eigenvalue weighted by Crippen LogP contribution is -2.57. The molecule has 1 aliphatic heterocycles. The van der Waals surface area contributed by atoms with Gasteiger partial charge in [-0.25, -0.2) is 4.79 Å². The molecule has 2 heterocycles. The van der Waals surface area contributed by atoms with Crippen LogP contribution in [0.5, 0.6) is 0 Å². The topological polar surface area (TPSA) is 215 Å². The molecular weight excluding hydrogens is 474 g/mol. The van der Waals surface area contributed by atoms with E-state index in [9.17, 15) is 34.2 Å². The molecule has 1 aliphatic rings. The van der Waals surface area contributed by atoms with Crippen LogP contribution in [0.4, 0.5) is 0 Å². The summed E-state index contributed by atoms with van der Waals surface area (Å²) in [6, 6.07) is 2.30. The van der Waals surface area contributed by atoms with Crippen LogP contribution in [0, 0.1) is 0 Å². The molecule has 1 aromatic carbocycles. The van der Waals surface area contributed by atoms with E-state index in [1.54, 1.807) is 6.20 Å². The van der Waals surface area contributed by atoms with E-state index in [0.717, 1.165) is 16.5 Å². The van der Waals surface area contributed by atoms with Crippen LogP contribution in [0.1, 0.15) is 24.8 Å². The number of aromatic amines is 1. The Balaban J connectivity index is 1.83. The van der Waals surface area contributed by atoms with Crippen LogP contribution in [-0.4, -0.2) is 92.2 Å². The first-order chi connectivity index (χ1) is 17.1. The van der Waals surface area contributed by atoms with Gasteiger partial charge in [-0.2, -0.15) is 0 Å². The summed E-state index contributed by atoms with van der Waals surface area (Å²) in [5.74, 6) is -5.03. The van der Waals surface area contributed by atoms with Crippen molar-refractivity contribution in [1.29, 1.82) is 0 Å². The zero-order valence-electron chi connectivity index (χ0n) is 19.3. The standard InChI is InChI=1S/C23H29N5O8/c24-14(11-29)20(32)26-16(8-12-10-25-15-5-2-1-4-13(12)15)22(34)28-7-3-6-18(28)21(33)27-17(23(35)36)9-19(30)31/h1-2,4-5,10,14,16-18,25,29H,3,6-9,11,24H2,(H,26,32)(H,27,33)(H,30,31)(H,35,36). The Labute approximate surface area is 205 Å². The van der Waals surface area contributed by atoms with Crippen LogP contribution in [0.3, 0.4) is 0 Å². The van der Waals surface area contributed by atoms with Crippen molar-refractivity contribution in [3.63, 3.8) is 0 Å². The average molecular weight is 504 g/mol. The number of fused-ring (bicyclic) bond motifs is 1. The Bertz CT molecular complexity index is 1150. The fourth-order valence-electron chi connectivity index (χ4n) is 4.23. The van der Waals surface area contributed by atoms with Gasteiger partial charge in [-0.15, -0.1) is 0 Å². The maximum Gasteiger partial charge on any atom is 0.326 e. The van der Waals surface area contributed by atoms with Crippen molar-refractivity contribution in [1.82, 2.24) is 20.5 Å². The molecule has 36 heavy (non-hydrogen) atoms. The second-order valence-electron chi connectivity index (χ2n) is 8.60. The molecule has 1 aromatic heterocycles. The van der Waals surface area contributed by atoms with Gasteiger partial charge in [0, 0.05) is 30.1 Å². The van der Waals surface area contributed by atoms with Crippen molar-refractivity contribution in [3.05, 3.63) is 36.0 Å². The second kappa shape index (κ2) is 11.6. The number of H-pyrrole nitrogens is 1. The smallest absolute Gasteiger partial charge is 0.326 e. The lowest BCUT2D eigenvalue weighted by atomic mass is 10.0. The van der Waals surface area contributed by atoms with E-state index in [1.807, 2.05) is 24.3 Å². The number of nitrogens with two attached hydrogens (primary N) is 1. The lowest BCUT2D eigenvalue weighted by molar-refractivity contribution is -0.148. The normalized spacial score (nSPS) is 17.8. The van der Waals surface area contributed by atoms with Gasteiger partial charge < -0.3 is 41.6 Å². The third-order valence-corrected chi connectivity index (χ3v) is 6.08. The molecule has 0 aliphatic carbocycles. The molecule has 0 saturated carbocycles. The quantitative estimate of drug-likeness (QED) is 0.191. The van der Waals surface area contributed by atoms with Gasteiger partial charge in [-0.1, -0.05) is 18.2 Å². The first-order valence-electron chi connectivity index (χ1n) is 11.4. The number of aliphatic hydroxyl groups excluding tert-OH is 1. The van der Waals surface area contributed by atoms with E-state index in [-0.39, 0.29) is 19.4 Å². The van der Waals surface area contributed by atoms with Crippen molar-refractivity contribution in [2.75, 3.05) is 13.2 Å².